The van der Waals surface area contributed by atoms with Gasteiger partial charge in [-0.05, 0) is 50.0 Å². The van der Waals surface area contributed by atoms with Crippen molar-refractivity contribution >= 4 is 29.2 Å². The second-order valence-corrected chi connectivity index (χ2v) is 7.16. The maximum Gasteiger partial charge on any atom is 0.193 e. The SMILES string of the molecule is CCNC(=NCC1CCN(CC)C1)N(C)Cc1ccc(Cl)c(Cl)c1. The molecular formula is C18H28Cl2N4. The molecule has 0 aromatic heterocycles. The summed E-state index contributed by atoms with van der Waals surface area (Å²) in [5.41, 5.74) is 1.12. The molecule has 0 radical (unpaired) electrons. The van der Waals surface area contributed by atoms with Gasteiger partial charge < -0.3 is 15.1 Å². The summed E-state index contributed by atoms with van der Waals surface area (Å²) in [6.45, 7) is 10.3. The van der Waals surface area contributed by atoms with E-state index in [4.69, 9.17) is 28.2 Å². The van der Waals surface area contributed by atoms with Crippen LogP contribution < -0.4 is 5.32 Å². The van der Waals surface area contributed by atoms with Gasteiger partial charge in [0.05, 0.1) is 10.0 Å². The van der Waals surface area contributed by atoms with Crippen LogP contribution in [-0.4, -0.2) is 55.5 Å². The molecule has 0 spiro atoms. The van der Waals surface area contributed by atoms with E-state index in [1.807, 2.05) is 18.2 Å². The number of hydrogen-bond donors (Lipinski definition) is 1. The van der Waals surface area contributed by atoms with Crippen LogP contribution in [0.1, 0.15) is 25.8 Å². The Balaban J connectivity index is 1.97. The number of benzene rings is 1. The fourth-order valence-corrected chi connectivity index (χ4v) is 3.34. The molecule has 1 saturated heterocycles. The summed E-state index contributed by atoms with van der Waals surface area (Å²) in [6, 6.07) is 5.76. The molecular weight excluding hydrogens is 343 g/mol. The first-order chi connectivity index (χ1) is 11.5. The third-order valence-electron chi connectivity index (χ3n) is 4.42. The summed E-state index contributed by atoms with van der Waals surface area (Å²) in [6.07, 6.45) is 1.24. The highest BCUT2D eigenvalue weighted by molar-refractivity contribution is 6.42. The van der Waals surface area contributed by atoms with Gasteiger partial charge in [0.1, 0.15) is 0 Å². The van der Waals surface area contributed by atoms with Crippen molar-refractivity contribution in [1.29, 1.82) is 0 Å². The van der Waals surface area contributed by atoms with E-state index < -0.39 is 0 Å². The van der Waals surface area contributed by atoms with Crippen molar-refractivity contribution < 1.29 is 0 Å². The van der Waals surface area contributed by atoms with Gasteiger partial charge in [0, 0.05) is 33.2 Å². The average molecular weight is 371 g/mol. The summed E-state index contributed by atoms with van der Waals surface area (Å²) in [5, 5.41) is 4.56. The third kappa shape index (κ3) is 5.54. The van der Waals surface area contributed by atoms with Crippen molar-refractivity contribution in [3.8, 4) is 0 Å². The van der Waals surface area contributed by atoms with Gasteiger partial charge >= 0.3 is 0 Å². The van der Waals surface area contributed by atoms with E-state index in [-0.39, 0.29) is 0 Å². The maximum atomic E-state index is 6.11. The molecule has 0 bridgehead atoms. The van der Waals surface area contributed by atoms with Gasteiger partial charge in [-0.15, -0.1) is 0 Å². The Morgan fingerprint density at radius 2 is 2.12 bits per heavy atom. The number of rotatable bonds is 6. The zero-order chi connectivity index (χ0) is 17.5. The monoisotopic (exact) mass is 370 g/mol. The van der Waals surface area contributed by atoms with Crippen molar-refractivity contribution in [3.63, 3.8) is 0 Å². The summed E-state index contributed by atoms with van der Waals surface area (Å²) in [5.74, 6) is 1.61. The molecule has 0 aliphatic carbocycles. The van der Waals surface area contributed by atoms with Crippen LogP contribution in [0.3, 0.4) is 0 Å². The van der Waals surface area contributed by atoms with Crippen LogP contribution in [0, 0.1) is 5.92 Å². The number of nitrogens with one attached hydrogen (secondary N) is 1. The van der Waals surface area contributed by atoms with Crippen molar-refractivity contribution in [2.24, 2.45) is 10.9 Å². The van der Waals surface area contributed by atoms with Crippen molar-refractivity contribution in [2.45, 2.75) is 26.8 Å². The van der Waals surface area contributed by atoms with E-state index in [9.17, 15) is 0 Å². The fourth-order valence-electron chi connectivity index (χ4n) is 3.02. The lowest BCUT2D eigenvalue weighted by molar-refractivity contribution is 0.343. The Morgan fingerprint density at radius 1 is 1.33 bits per heavy atom. The van der Waals surface area contributed by atoms with Crippen LogP contribution >= 0.6 is 23.2 Å². The summed E-state index contributed by atoms with van der Waals surface area (Å²) in [4.78, 5) is 9.47. The molecule has 24 heavy (non-hydrogen) atoms. The second kappa shape index (κ2) is 9.50. The van der Waals surface area contributed by atoms with E-state index in [2.05, 4.69) is 36.0 Å². The Bertz CT molecular complexity index is 562. The molecule has 1 unspecified atom stereocenters. The van der Waals surface area contributed by atoms with Gasteiger partial charge in [0.2, 0.25) is 0 Å². The normalized spacial score (nSPS) is 18.9. The smallest absolute Gasteiger partial charge is 0.193 e. The largest absolute Gasteiger partial charge is 0.357 e. The number of likely N-dealkylation sites (tertiary alicyclic amines) is 1. The third-order valence-corrected chi connectivity index (χ3v) is 5.16. The van der Waals surface area contributed by atoms with E-state index in [1.165, 1.54) is 13.0 Å². The summed E-state index contributed by atoms with van der Waals surface area (Å²) in [7, 11) is 2.05. The van der Waals surface area contributed by atoms with Crippen molar-refractivity contribution in [3.05, 3.63) is 33.8 Å². The van der Waals surface area contributed by atoms with E-state index in [0.717, 1.165) is 44.2 Å². The number of aliphatic imine (C=N–C) groups is 1. The van der Waals surface area contributed by atoms with Gasteiger partial charge in [0.25, 0.3) is 0 Å². The minimum atomic E-state index is 0.588. The Labute approximate surface area is 155 Å². The molecule has 1 atom stereocenters. The van der Waals surface area contributed by atoms with E-state index >= 15 is 0 Å². The molecule has 2 rings (SSSR count). The van der Waals surface area contributed by atoms with Crippen molar-refractivity contribution in [1.82, 2.24) is 15.1 Å². The molecule has 1 aliphatic rings. The molecule has 1 aliphatic heterocycles. The topological polar surface area (TPSA) is 30.9 Å². The predicted octanol–water partition coefficient (Wildman–Crippen LogP) is 3.73. The van der Waals surface area contributed by atoms with Crippen LogP contribution in [0.5, 0.6) is 0 Å². The van der Waals surface area contributed by atoms with Crippen LogP contribution in [0.4, 0.5) is 0 Å². The van der Waals surface area contributed by atoms with Crippen molar-refractivity contribution in [2.75, 3.05) is 39.8 Å². The van der Waals surface area contributed by atoms with Crippen LogP contribution in [0.15, 0.2) is 23.2 Å². The molecule has 134 valence electrons. The molecule has 1 fully saturated rings. The fraction of sp³-hybridized carbons (Fsp3) is 0.611. The molecule has 0 amide bonds. The van der Waals surface area contributed by atoms with Gasteiger partial charge in [-0.1, -0.05) is 36.2 Å². The lowest BCUT2D eigenvalue weighted by Gasteiger charge is -2.23. The number of halogens is 2. The zero-order valence-electron chi connectivity index (χ0n) is 14.9. The molecule has 6 heteroatoms. The van der Waals surface area contributed by atoms with E-state index in [1.54, 1.807) is 0 Å². The Morgan fingerprint density at radius 3 is 2.75 bits per heavy atom. The number of hydrogen-bond acceptors (Lipinski definition) is 2. The van der Waals surface area contributed by atoms with Gasteiger partial charge in [-0.3, -0.25) is 4.99 Å². The van der Waals surface area contributed by atoms with Gasteiger partial charge in [-0.25, -0.2) is 0 Å². The Kier molecular flexibility index (Phi) is 7.66. The molecule has 4 nitrogen and oxygen atoms in total. The molecule has 0 saturated carbocycles. The lowest BCUT2D eigenvalue weighted by Crippen LogP contribution is -2.39. The summed E-state index contributed by atoms with van der Waals surface area (Å²) < 4.78 is 0. The molecule has 1 N–H and O–H groups in total. The van der Waals surface area contributed by atoms with Gasteiger partial charge in [0.15, 0.2) is 5.96 Å². The van der Waals surface area contributed by atoms with Crippen LogP contribution in [0.25, 0.3) is 0 Å². The quantitative estimate of drug-likeness (QED) is 0.611. The van der Waals surface area contributed by atoms with Gasteiger partial charge in [-0.2, -0.15) is 0 Å². The highest BCUT2D eigenvalue weighted by atomic mass is 35.5. The standard InChI is InChI=1S/C18H28Cl2N4/c1-4-21-18(22-11-15-8-9-24(5-2)13-15)23(3)12-14-6-7-16(19)17(20)10-14/h6-7,10,15H,4-5,8-9,11-13H2,1-3H3,(H,21,22). The van der Waals surface area contributed by atoms with Crippen LogP contribution in [0.2, 0.25) is 10.0 Å². The van der Waals surface area contributed by atoms with E-state index in [0.29, 0.717) is 16.0 Å². The Hall–Kier alpha value is -0.970. The number of nitrogens with zero attached hydrogens (tertiary/aromatic N) is 3. The summed E-state index contributed by atoms with van der Waals surface area (Å²) >= 11 is 12.1. The first-order valence-electron chi connectivity index (χ1n) is 8.69. The average Bonchev–Trinajstić information content (AvgIpc) is 3.03. The second-order valence-electron chi connectivity index (χ2n) is 6.35. The predicted molar refractivity (Wildman–Crippen MR) is 104 cm³/mol. The highest BCUT2D eigenvalue weighted by Crippen LogP contribution is 2.23. The first-order valence-corrected chi connectivity index (χ1v) is 9.44. The molecule has 1 heterocycles. The molecule has 1 aromatic carbocycles. The lowest BCUT2D eigenvalue weighted by atomic mass is 10.1. The minimum Gasteiger partial charge on any atom is -0.357 e. The highest BCUT2D eigenvalue weighted by Gasteiger charge is 2.21. The molecule has 1 aromatic rings. The van der Waals surface area contributed by atoms with Crippen LogP contribution in [-0.2, 0) is 6.54 Å². The minimum absolute atomic E-state index is 0.588. The number of guanidine groups is 1. The first kappa shape index (κ1) is 19.4. The zero-order valence-corrected chi connectivity index (χ0v) is 16.4. The maximum absolute atomic E-state index is 6.11.